The average Bonchev–Trinajstić information content (AvgIpc) is 2.39. The van der Waals surface area contributed by atoms with E-state index in [2.05, 4.69) is 5.32 Å². The Bertz CT molecular complexity index is 390. The Balaban J connectivity index is 2.47. The Morgan fingerprint density at radius 1 is 1.39 bits per heavy atom. The maximum atomic E-state index is 11.0. The maximum absolute atomic E-state index is 11.0. The van der Waals surface area contributed by atoms with Crippen molar-refractivity contribution in [3.63, 3.8) is 0 Å². The fourth-order valence-corrected chi connectivity index (χ4v) is 1.40. The number of hydrogen-bond acceptors (Lipinski definition) is 4. The van der Waals surface area contributed by atoms with E-state index in [1.54, 1.807) is 38.2 Å². The van der Waals surface area contributed by atoms with Gasteiger partial charge in [-0.25, -0.2) is 0 Å². The second kappa shape index (κ2) is 6.37. The summed E-state index contributed by atoms with van der Waals surface area (Å²) >= 11 is 0. The van der Waals surface area contributed by atoms with Crippen LogP contribution < -0.4 is 10.1 Å². The van der Waals surface area contributed by atoms with E-state index in [-0.39, 0.29) is 6.61 Å². The molecule has 0 aromatic heterocycles. The number of aliphatic carboxylic acids is 1. The number of benzene rings is 1. The largest absolute Gasteiger partial charge is 0.494 e. The van der Waals surface area contributed by atoms with Crippen LogP contribution in [0, 0.1) is 0 Å². The highest BCUT2D eigenvalue weighted by Gasteiger charge is 2.30. The highest BCUT2D eigenvalue weighted by molar-refractivity contribution is 5.78. The summed E-state index contributed by atoms with van der Waals surface area (Å²) < 4.78 is 5.47. The minimum absolute atomic E-state index is 0.00286. The highest BCUT2D eigenvalue weighted by atomic mass is 16.5. The van der Waals surface area contributed by atoms with E-state index >= 15 is 0 Å². The Kier molecular flexibility index (Phi) is 5.12. The fourth-order valence-electron chi connectivity index (χ4n) is 1.40. The van der Waals surface area contributed by atoms with Crippen molar-refractivity contribution in [3.05, 3.63) is 29.8 Å². The van der Waals surface area contributed by atoms with Crippen LogP contribution in [-0.4, -0.2) is 35.4 Å². The Labute approximate surface area is 106 Å². The van der Waals surface area contributed by atoms with Gasteiger partial charge in [0.25, 0.3) is 0 Å². The molecule has 0 radical (unpaired) electrons. The summed E-state index contributed by atoms with van der Waals surface area (Å²) in [7, 11) is 1.62. The van der Waals surface area contributed by atoms with Gasteiger partial charge in [-0.05, 0) is 31.7 Å². The molecule has 18 heavy (non-hydrogen) atoms. The van der Waals surface area contributed by atoms with Gasteiger partial charge in [-0.2, -0.15) is 0 Å². The van der Waals surface area contributed by atoms with Crippen LogP contribution in [-0.2, 0) is 11.4 Å². The normalized spacial score (nSPS) is 13.9. The van der Waals surface area contributed by atoms with Gasteiger partial charge in [-0.15, -0.1) is 0 Å². The topological polar surface area (TPSA) is 78.8 Å². The predicted octanol–water partition coefficient (Wildman–Crippen LogP) is 1.01. The number of aliphatic hydroxyl groups is 1. The van der Waals surface area contributed by atoms with Crippen molar-refractivity contribution in [3.8, 4) is 5.75 Å². The number of nitrogens with one attached hydrogen (secondary N) is 1. The zero-order valence-corrected chi connectivity index (χ0v) is 10.6. The lowest BCUT2D eigenvalue weighted by Gasteiger charge is -2.23. The minimum atomic E-state index is -0.981. The lowest BCUT2D eigenvalue weighted by atomic mass is 9.99. The Hall–Kier alpha value is -1.59. The second-order valence-corrected chi connectivity index (χ2v) is 4.29. The smallest absolute Gasteiger partial charge is 0.323 e. The molecule has 0 fully saturated rings. The maximum Gasteiger partial charge on any atom is 0.323 e. The summed E-state index contributed by atoms with van der Waals surface area (Å²) in [5.74, 6) is -0.236. The highest BCUT2D eigenvalue weighted by Crippen LogP contribution is 2.15. The third-order valence-corrected chi connectivity index (χ3v) is 3.00. The molecule has 1 unspecified atom stereocenters. The lowest BCUT2D eigenvalue weighted by molar-refractivity contribution is -0.144. The van der Waals surface area contributed by atoms with Gasteiger partial charge >= 0.3 is 5.97 Å². The first-order valence-electron chi connectivity index (χ1n) is 5.77. The summed E-state index contributed by atoms with van der Waals surface area (Å²) in [5.41, 5.74) is -0.168. The van der Waals surface area contributed by atoms with E-state index in [0.717, 1.165) is 5.56 Å². The first-order valence-corrected chi connectivity index (χ1v) is 5.77. The molecule has 5 heteroatoms. The van der Waals surface area contributed by atoms with Gasteiger partial charge in [0.05, 0.1) is 13.2 Å². The molecule has 0 aliphatic heterocycles. The number of carboxylic acids is 1. The molecule has 0 aliphatic carbocycles. The van der Waals surface area contributed by atoms with Gasteiger partial charge < -0.3 is 20.3 Å². The zero-order valence-electron chi connectivity index (χ0n) is 10.6. The number of rotatable bonds is 7. The van der Waals surface area contributed by atoms with E-state index in [0.29, 0.717) is 18.8 Å². The van der Waals surface area contributed by atoms with Crippen molar-refractivity contribution >= 4 is 5.97 Å². The number of likely N-dealkylation sites (N-methyl/N-ethyl adjacent to an activating group) is 1. The third-order valence-electron chi connectivity index (χ3n) is 3.00. The van der Waals surface area contributed by atoms with E-state index in [9.17, 15) is 4.79 Å². The molecule has 0 saturated heterocycles. The number of carboxylic acid groups (broad SMARTS) is 1. The standard InChI is InChI=1S/C13H19NO4/c1-13(14-2,12(16)17)7-8-18-11-5-3-10(9-15)4-6-11/h3-6,14-15H,7-9H2,1-2H3,(H,16,17). The van der Waals surface area contributed by atoms with Gasteiger partial charge in [0.15, 0.2) is 0 Å². The van der Waals surface area contributed by atoms with E-state index < -0.39 is 11.5 Å². The SMILES string of the molecule is CNC(C)(CCOc1ccc(CO)cc1)C(=O)O. The third kappa shape index (κ3) is 3.72. The summed E-state index contributed by atoms with van der Waals surface area (Å²) in [6, 6.07) is 7.04. The number of ether oxygens (including phenoxy) is 1. The average molecular weight is 253 g/mol. The summed E-state index contributed by atoms with van der Waals surface area (Å²) in [5, 5.41) is 20.7. The van der Waals surface area contributed by atoms with Crippen molar-refractivity contribution in [2.75, 3.05) is 13.7 Å². The molecule has 5 nitrogen and oxygen atoms in total. The van der Waals surface area contributed by atoms with Crippen LogP contribution in [0.2, 0.25) is 0 Å². The molecule has 0 bridgehead atoms. The molecular weight excluding hydrogens is 234 g/mol. The quantitative estimate of drug-likeness (QED) is 0.676. The Morgan fingerprint density at radius 2 is 2.00 bits per heavy atom. The van der Waals surface area contributed by atoms with Crippen molar-refractivity contribution in [1.29, 1.82) is 0 Å². The first-order chi connectivity index (χ1) is 8.51. The molecule has 0 heterocycles. The van der Waals surface area contributed by atoms with E-state index in [1.807, 2.05) is 0 Å². The van der Waals surface area contributed by atoms with Gasteiger partial charge in [-0.3, -0.25) is 4.79 Å². The fraction of sp³-hybridized carbons (Fsp3) is 0.462. The van der Waals surface area contributed by atoms with Crippen molar-refractivity contribution in [2.24, 2.45) is 0 Å². The molecular formula is C13H19NO4. The van der Waals surface area contributed by atoms with Crippen molar-refractivity contribution in [1.82, 2.24) is 5.32 Å². The Morgan fingerprint density at radius 3 is 2.44 bits per heavy atom. The van der Waals surface area contributed by atoms with Crippen LogP contribution in [0.5, 0.6) is 5.75 Å². The van der Waals surface area contributed by atoms with Crippen molar-refractivity contribution in [2.45, 2.75) is 25.5 Å². The molecule has 100 valence electrons. The predicted molar refractivity (Wildman–Crippen MR) is 67.6 cm³/mol. The second-order valence-electron chi connectivity index (χ2n) is 4.29. The molecule has 0 spiro atoms. The zero-order chi connectivity index (χ0) is 13.6. The van der Waals surface area contributed by atoms with Gasteiger partial charge in [0.1, 0.15) is 11.3 Å². The van der Waals surface area contributed by atoms with Crippen LogP contribution >= 0.6 is 0 Å². The molecule has 3 N–H and O–H groups in total. The molecule has 0 aliphatic rings. The van der Waals surface area contributed by atoms with E-state index in [1.165, 1.54) is 0 Å². The molecule has 0 saturated carbocycles. The first kappa shape index (κ1) is 14.5. The van der Waals surface area contributed by atoms with Crippen LogP contribution in [0.1, 0.15) is 18.9 Å². The monoisotopic (exact) mass is 253 g/mol. The van der Waals surface area contributed by atoms with Gasteiger partial charge in [0, 0.05) is 6.42 Å². The van der Waals surface area contributed by atoms with Gasteiger partial charge in [-0.1, -0.05) is 12.1 Å². The summed E-state index contributed by atoms with van der Waals surface area (Å²) in [6.45, 7) is 1.92. The van der Waals surface area contributed by atoms with E-state index in [4.69, 9.17) is 14.9 Å². The number of aliphatic hydroxyl groups excluding tert-OH is 1. The summed E-state index contributed by atoms with van der Waals surface area (Å²) in [6.07, 6.45) is 0.362. The molecule has 1 aromatic rings. The van der Waals surface area contributed by atoms with Gasteiger partial charge in [0.2, 0.25) is 0 Å². The summed E-state index contributed by atoms with van der Waals surface area (Å²) in [4.78, 5) is 11.0. The van der Waals surface area contributed by atoms with Crippen LogP contribution in [0.3, 0.4) is 0 Å². The number of carbonyl (C=O) groups is 1. The lowest BCUT2D eigenvalue weighted by Crippen LogP contribution is -2.48. The minimum Gasteiger partial charge on any atom is -0.494 e. The van der Waals surface area contributed by atoms with Crippen LogP contribution in [0.4, 0.5) is 0 Å². The molecule has 1 atom stereocenters. The van der Waals surface area contributed by atoms with Crippen molar-refractivity contribution < 1.29 is 19.7 Å². The number of hydrogen-bond donors (Lipinski definition) is 3. The van der Waals surface area contributed by atoms with Crippen LogP contribution in [0.15, 0.2) is 24.3 Å². The van der Waals surface area contributed by atoms with Crippen LogP contribution in [0.25, 0.3) is 0 Å². The molecule has 1 aromatic carbocycles. The molecule has 1 rings (SSSR count). The molecule has 0 amide bonds.